The van der Waals surface area contributed by atoms with Crippen LogP contribution in [0.3, 0.4) is 0 Å². The highest BCUT2D eigenvalue weighted by Gasteiger charge is 2.58. The van der Waals surface area contributed by atoms with Gasteiger partial charge in [0.1, 0.15) is 11.4 Å². The van der Waals surface area contributed by atoms with Crippen molar-refractivity contribution < 1.29 is 26.7 Å². The van der Waals surface area contributed by atoms with Crippen LogP contribution >= 0.6 is 0 Å². The second-order valence-electron chi connectivity index (χ2n) is 11.1. The van der Waals surface area contributed by atoms with Crippen LogP contribution < -0.4 is 16.2 Å². The first-order valence-corrected chi connectivity index (χ1v) is 13.0. The maximum atomic E-state index is 14.7. The Morgan fingerprint density at radius 1 is 1.08 bits per heavy atom. The number of anilines is 1. The zero-order valence-corrected chi connectivity index (χ0v) is 20.8. The van der Waals surface area contributed by atoms with E-state index in [2.05, 4.69) is 15.5 Å². The monoisotopic (exact) mass is 536 g/mol. The largest absolute Gasteiger partial charge is 0.381 e. The molecule has 4 atom stereocenters. The van der Waals surface area contributed by atoms with Gasteiger partial charge in [-0.15, -0.1) is 0 Å². The first kappa shape index (κ1) is 25.3. The van der Waals surface area contributed by atoms with Gasteiger partial charge in [0.2, 0.25) is 0 Å². The molecule has 1 amide bonds. The van der Waals surface area contributed by atoms with Crippen LogP contribution in [0.1, 0.15) is 66.6 Å². The van der Waals surface area contributed by atoms with Gasteiger partial charge >= 0.3 is 0 Å². The van der Waals surface area contributed by atoms with E-state index in [0.717, 1.165) is 29.9 Å². The number of carbonyl (C=O) groups is 1. The maximum absolute atomic E-state index is 14.7. The van der Waals surface area contributed by atoms with Crippen molar-refractivity contribution in [2.24, 2.45) is 11.8 Å². The molecule has 0 unspecified atom stereocenters. The molecule has 1 saturated heterocycles. The standard InChI is InChI=1S/C27H29F5N4O2/c1-13(15-3-2-4-16(22(15)28)24(29)30)33-25(38)19-12-36(27(7-8-27)26(31)32)21(37)9-20(19)34-23-17-10-35(11-18(17)23)14-5-6-14/h2-4,9,12-14,17-18,23-24,26,34H,5-8,10-11H2,1H3,(H,33,38)/t13-,17-,18+,23+/m1/s1. The van der Waals surface area contributed by atoms with E-state index >= 15 is 0 Å². The minimum absolute atomic E-state index is 0.0159. The van der Waals surface area contributed by atoms with Crippen molar-refractivity contribution in [1.82, 2.24) is 14.8 Å². The van der Waals surface area contributed by atoms with Crippen LogP contribution in [0.15, 0.2) is 35.3 Å². The van der Waals surface area contributed by atoms with E-state index in [1.54, 1.807) is 0 Å². The average molecular weight is 537 g/mol. The molecule has 2 N–H and O–H groups in total. The third-order valence-corrected chi connectivity index (χ3v) is 8.66. The summed E-state index contributed by atoms with van der Waals surface area (Å²) < 4.78 is 69.7. The Labute approximate surface area is 216 Å². The number of alkyl halides is 4. The molecular formula is C27H29F5N4O2. The molecule has 204 valence electrons. The Hall–Kier alpha value is -2.95. The molecule has 2 aromatic rings. The molecule has 38 heavy (non-hydrogen) atoms. The summed E-state index contributed by atoms with van der Waals surface area (Å²) in [4.78, 5) is 28.8. The van der Waals surface area contributed by atoms with Crippen LogP contribution in [0, 0.1) is 17.7 Å². The van der Waals surface area contributed by atoms with Crippen molar-refractivity contribution in [3.8, 4) is 0 Å². The third-order valence-electron chi connectivity index (χ3n) is 8.66. The lowest BCUT2D eigenvalue weighted by Gasteiger charge is -2.23. The van der Waals surface area contributed by atoms with Gasteiger partial charge in [0, 0.05) is 43.0 Å². The number of carbonyl (C=O) groups excluding carboxylic acids is 1. The molecule has 0 radical (unpaired) electrons. The van der Waals surface area contributed by atoms with Crippen LogP contribution in [0.5, 0.6) is 0 Å². The van der Waals surface area contributed by atoms with Crippen molar-refractivity contribution in [2.75, 3.05) is 18.4 Å². The van der Waals surface area contributed by atoms with Crippen LogP contribution in [0.4, 0.5) is 27.6 Å². The maximum Gasteiger partial charge on any atom is 0.266 e. The second kappa shape index (κ2) is 9.07. The second-order valence-corrected chi connectivity index (χ2v) is 11.1. The van der Waals surface area contributed by atoms with E-state index in [-0.39, 0.29) is 35.7 Å². The van der Waals surface area contributed by atoms with E-state index in [9.17, 15) is 31.5 Å². The molecule has 3 aliphatic carbocycles. The van der Waals surface area contributed by atoms with Crippen molar-refractivity contribution >= 4 is 11.6 Å². The van der Waals surface area contributed by atoms with Gasteiger partial charge in [-0.3, -0.25) is 14.5 Å². The van der Waals surface area contributed by atoms with Gasteiger partial charge in [0.05, 0.1) is 22.9 Å². The molecule has 3 saturated carbocycles. The van der Waals surface area contributed by atoms with Gasteiger partial charge in [-0.05, 0) is 44.4 Å². The van der Waals surface area contributed by atoms with Crippen molar-refractivity contribution in [3.05, 3.63) is 63.3 Å². The molecule has 1 aliphatic heterocycles. The fraction of sp³-hybridized carbons (Fsp3) is 0.556. The summed E-state index contributed by atoms with van der Waals surface area (Å²) in [6, 6.07) is 4.48. The first-order valence-electron chi connectivity index (χ1n) is 13.0. The van der Waals surface area contributed by atoms with E-state index in [1.807, 2.05) is 0 Å². The molecular weight excluding hydrogens is 507 g/mol. The molecule has 0 spiro atoms. The molecule has 1 aromatic heterocycles. The molecule has 4 fully saturated rings. The normalized spacial score (nSPS) is 26.4. The number of hydrogen-bond donors (Lipinski definition) is 2. The lowest BCUT2D eigenvalue weighted by Crippen LogP contribution is -2.38. The lowest BCUT2D eigenvalue weighted by molar-refractivity contribution is 0.0648. The zero-order chi connectivity index (χ0) is 26.9. The number of likely N-dealkylation sites (tertiary alicyclic amines) is 1. The molecule has 4 aliphatic rings. The summed E-state index contributed by atoms with van der Waals surface area (Å²) >= 11 is 0. The highest BCUT2D eigenvalue weighted by Crippen LogP contribution is 2.51. The topological polar surface area (TPSA) is 66.4 Å². The van der Waals surface area contributed by atoms with E-state index in [4.69, 9.17) is 0 Å². The predicted molar refractivity (Wildman–Crippen MR) is 130 cm³/mol. The van der Waals surface area contributed by atoms with Crippen molar-refractivity contribution in [3.63, 3.8) is 0 Å². The van der Waals surface area contributed by atoms with Gasteiger partial charge in [-0.25, -0.2) is 22.0 Å². The molecule has 2 heterocycles. The number of nitrogens with zero attached hydrogens (tertiary/aromatic N) is 2. The number of amides is 1. The smallest absolute Gasteiger partial charge is 0.266 e. The highest BCUT2D eigenvalue weighted by atomic mass is 19.3. The van der Waals surface area contributed by atoms with Gasteiger partial charge in [-0.2, -0.15) is 0 Å². The van der Waals surface area contributed by atoms with Crippen molar-refractivity contribution in [2.45, 2.75) is 69.1 Å². The third kappa shape index (κ3) is 4.28. The Morgan fingerprint density at radius 3 is 2.32 bits per heavy atom. The number of halogens is 5. The Balaban J connectivity index is 1.28. The molecule has 6 nitrogen and oxygen atoms in total. The summed E-state index contributed by atoms with van der Waals surface area (Å²) in [6.45, 7) is 3.34. The van der Waals surface area contributed by atoms with Crippen LogP contribution in [0.25, 0.3) is 0 Å². The van der Waals surface area contributed by atoms with Gasteiger partial charge in [0.25, 0.3) is 24.3 Å². The number of rotatable bonds is 9. The number of hydrogen-bond acceptors (Lipinski definition) is 4. The molecule has 0 bridgehead atoms. The van der Waals surface area contributed by atoms with Gasteiger partial charge in [0.15, 0.2) is 0 Å². The van der Waals surface area contributed by atoms with Crippen molar-refractivity contribution in [1.29, 1.82) is 0 Å². The summed E-state index contributed by atoms with van der Waals surface area (Å²) in [5.74, 6) is -1.06. The first-order chi connectivity index (χ1) is 18.1. The molecule has 1 aromatic carbocycles. The number of pyridine rings is 1. The highest BCUT2D eigenvalue weighted by molar-refractivity contribution is 5.99. The van der Waals surface area contributed by atoms with Crippen LogP contribution in [0.2, 0.25) is 0 Å². The number of aromatic nitrogens is 1. The lowest BCUT2D eigenvalue weighted by atomic mass is 10.0. The van der Waals surface area contributed by atoms with E-state index in [1.165, 1.54) is 38.0 Å². The predicted octanol–water partition coefficient (Wildman–Crippen LogP) is 4.67. The fourth-order valence-corrected chi connectivity index (χ4v) is 5.99. The Morgan fingerprint density at radius 2 is 1.74 bits per heavy atom. The van der Waals surface area contributed by atoms with Crippen LogP contribution in [-0.4, -0.2) is 47.0 Å². The summed E-state index contributed by atoms with van der Waals surface area (Å²) in [7, 11) is 0. The fourth-order valence-electron chi connectivity index (χ4n) is 5.99. The quantitative estimate of drug-likeness (QED) is 0.457. The van der Waals surface area contributed by atoms with E-state index < -0.39 is 47.3 Å². The summed E-state index contributed by atoms with van der Waals surface area (Å²) in [6.07, 6.45) is -1.98. The minimum Gasteiger partial charge on any atom is -0.381 e. The van der Waals surface area contributed by atoms with Crippen LogP contribution in [-0.2, 0) is 5.54 Å². The summed E-state index contributed by atoms with van der Waals surface area (Å²) in [5.41, 5.74) is -2.95. The van der Waals surface area contributed by atoms with Gasteiger partial charge < -0.3 is 15.2 Å². The molecule has 6 rings (SSSR count). The summed E-state index contributed by atoms with van der Waals surface area (Å²) in [5, 5.41) is 5.91. The Kier molecular flexibility index (Phi) is 6.04. The Bertz CT molecular complexity index is 1310. The number of piperidine rings is 1. The minimum atomic E-state index is -3.02. The molecule has 11 heteroatoms. The number of nitrogens with one attached hydrogen (secondary N) is 2. The van der Waals surface area contributed by atoms with Gasteiger partial charge in [-0.1, -0.05) is 18.2 Å². The number of fused-ring (bicyclic) bond motifs is 1. The number of benzene rings is 1. The SMILES string of the molecule is C[C@@H](NC(=O)c1cn(C2(C(F)F)CC2)c(=O)cc1N[C@H]1[C@@H]2CN(C3CC3)C[C@@H]21)c1cccc(C(F)F)c1F. The zero-order valence-electron chi connectivity index (χ0n) is 20.8. The average Bonchev–Trinajstić information content (AvgIpc) is 3.79. The van der Waals surface area contributed by atoms with E-state index in [0.29, 0.717) is 17.9 Å².